The Bertz CT molecular complexity index is 250. The molecule has 0 aromatic rings. The number of nitrogens with two attached hydrogens (primary N) is 1. The van der Waals surface area contributed by atoms with Crippen molar-refractivity contribution in [3.8, 4) is 0 Å². The Morgan fingerprint density at radius 2 is 1.76 bits per heavy atom. The van der Waals surface area contributed by atoms with Gasteiger partial charge in [0.05, 0.1) is 0 Å². The van der Waals surface area contributed by atoms with Gasteiger partial charge < -0.3 is 15.5 Å². The highest BCUT2D eigenvalue weighted by Crippen LogP contribution is 2.20. The molecule has 0 atom stereocenters. The van der Waals surface area contributed by atoms with Crippen molar-refractivity contribution in [3.63, 3.8) is 0 Å². The highest BCUT2D eigenvalue weighted by Gasteiger charge is 2.25. The van der Waals surface area contributed by atoms with Gasteiger partial charge in [-0.2, -0.15) is 0 Å². The van der Waals surface area contributed by atoms with E-state index in [1.807, 2.05) is 6.92 Å². The van der Waals surface area contributed by atoms with Gasteiger partial charge in [0.1, 0.15) is 0 Å². The summed E-state index contributed by atoms with van der Waals surface area (Å²) in [7, 11) is 0. The van der Waals surface area contributed by atoms with Gasteiger partial charge in [0.25, 0.3) is 0 Å². The first kappa shape index (κ1) is 12.7. The fourth-order valence-electron chi connectivity index (χ4n) is 3.01. The lowest BCUT2D eigenvalue weighted by Crippen LogP contribution is -2.50. The molecule has 0 aliphatic carbocycles. The van der Waals surface area contributed by atoms with Gasteiger partial charge in [-0.15, -0.1) is 0 Å². The number of guanidine groups is 1. The number of piperidine rings is 2. The third kappa shape index (κ3) is 3.35. The van der Waals surface area contributed by atoms with Crippen LogP contribution in [0.3, 0.4) is 0 Å². The molecule has 2 fully saturated rings. The fourth-order valence-corrected chi connectivity index (χ4v) is 3.01. The van der Waals surface area contributed by atoms with Crippen molar-refractivity contribution in [1.82, 2.24) is 9.80 Å². The Morgan fingerprint density at radius 1 is 1.12 bits per heavy atom. The normalized spacial score (nSPS) is 25.2. The molecule has 4 heteroatoms. The van der Waals surface area contributed by atoms with Crippen LogP contribution in [0.15, 0.2) is 4.99 Å². The molecule has 98 valence electrons. The number of rotatable bonds is 2. The zero-order chi connectivity index (χ0) is 12.1. The van der Waals surface area contributed by atoms with E-state index in [2.05, 4.69) is 14.8 Å². The number of nitrogens with zero attached hydrogens (tertiary/aromatic N) is 3. The topological polar surface area (TPSA) is 44.9 Å². The van der Waals surface area contributed by atoms with Gasteiger partial charge in [-0.25, -0.2) is 0 Å². The van der Waals surface area contributed by atoms with Crippen LogP contribution in [-0.4, -0.2) is 54.5 Å². The summed E-state index contributed by atoms with van der Waals surface area (Å²) in [5.41, 5.74) is 5.95. The third-order valence-electron chi connectivity index (χ3n) is 4.02. The second-order valence-electron chi connectivity index (χ2n) is 5.15. The summed E-state index contributed by atoms with van der Waals surface area (Å²) in [6.07, 6.45) is 6.70. The molecule has 2 rings (SSSR count). The van der Waals surface area contributed by atoms with E-state index in [-0.39, 0.29) is 0 Å². The van der Waals surface area contributed by atoms with Crippen LogP contribution in [0.1, 0.15) is 39.0 Å². The smallest absolute Gasteiger partial charge is 0.191 e. The zero-order valence-corrected chi connectivity index (χ0v) is 11.1. The summed E-state index contributed by atoms with van der Waals surface area (Å²) >= 11 is 0. The van der Waals surface area contributed by atoms with Crippen LogP contribution in [0.4, 0.5) is 0 Å². The molecule has 0 bridgehead atoms. The van der Waals surface area contributed by atoms with Gasteiger partial charge in [-0.05, 0) is 45.7 Å². The quantitative estimate of drug-likeness (QED) is 0.582. The molecule has 0 aromatic carbocycles. The summed E-state index contributed by atoms with van der Waals surface area (Å²) in [5, 5.41) is 0. The molecule has 0 spiro atoms. The summed E-state index contributed by atoms with van der Waals surface area (Å²) in [6.45, 7) is 7.60. The second-order valence-corrected chi connectivity index (χ2v) is 5.15. The lowest BCUT2D eigenvalue weighted by molar-refractivity contribution is 0.114. The van der Waals surface area contributed by atoms with Crippen molar-refractivity contribution in [2.75, 3.05) is 32.7 Å². The minimum absolute atomic E-state index is 0.740. The Balaban J connectivity index is 1.79. The molecule has 17 heavy (non-hydrogen) atoms. The van der Waals surface area contributed by atoms with Gasteiger partial charge in [0, 0.05) is 25.7 Å². The Labute approximate surface area is 105 Å². The van der Waals surface area contributed by atoms with Crippen molar-refractivity contribution in [2.45, 2.75) is 45.1 Å². The first-order valence-corrected chi connectivity index (χ1v) is 7.10. The highest BCUT2D eigenvalue weighted by molar-refractivity contribution is 5.78. The lowest BCUT2D eigenvalue weighted by atomic mass is 10.0. The van der Waals surface area contributed by atoms with Crippen LogP contribution in [0.25, 0.3) is 0 Å². The molecule has 2 aliphatic heterocycles. The maximum Gasteiger partial charge on any atom is 0.191 e. The average molecular weight is 238 g/mol. The van der Waals surface area contributed by atoms with E-state index in [1.165, 1.54) is 45.2 Å². The summed E-state index contributed by atoms with van der Waals surface area (Å²) < 4.78 is 0. The van der Waals surface area contributed by atoms with E-state index in [1.54, 1.807) is 0 Å². The zero-order valence-electron chi connectivity index (χ0n) is 11.1. The molecule has 0 aromatic heterocycles. The van der Waals surface area contributed by atoms with Crippen molar-refractivity contribution in [3.05, 3.63) is 0 Å². The minimum Gasteiger partial charge on any atom is -0.370 e. The van der Waals surface area contributed by atoms with Crippen LogP contribution in [0.2, 0.25) is 0 Å². The average Bonchev–Trinajstić information content (AvgIpc) is 2.40. The van der Waals surface area contributed by atoms with Crippen LogP contribution >= 0.6 is 0 Å². The molecule has 2 N–H and O–H groups in total. The molecule has 2 saturated heterocycles. The predicted molar refractivity (Wildman–Crippen MR) is 72.2 cm³/mol. The van der Waals surface area contributed by atoms with Gasteiger partial charge >= 0.3 is 0 Å². The SMILES string of the molecule is CCN=C(N)N1CCC(N2CCCCC2)CC1. The maximum absolute atomic E-state index is 5.95. The molecular formula is C13H26N4. The second kappa shape index (κ2) is 6.24. The first-order valence-electron chi connectivity index (χ1n) is 7.10. The van der Waals surface area contributed by atoms with Crippen molar-refractivity contribution in [2.24, 2.45) is 10.7 Å². The number of hydrogen-bond acceptors (Lipinski definition) is 2. The van der Waals surface area contributed by atoms with Crippen molar-refractivity contribution in [1.29, 1.82) is 0 Å². The minimum atomic E-state index is 0.740. The summed E-state index contributed by atoms with van der Waals surface area (Å²) in [5.74, 6) is 0.740. The summed E-state index contributed by atoms with van der Waals surface area (Å²) in [6, 6.07) is 0.793. The number of aliphatic imine (C=N–C) groups is 1. The molecule has 4 nitrogen and oxygen atoms in total. The van der Waals surface area contributed by atoms with Gasteiger partial charge in [0.15, 0.2) is 5.96 Å². The van der Waals surface area contributed by atoms with Crippen molar-refractivity contribution < 1.29 is 0 Å². The maximum atomic E-state index is 5.95. The molecular weight excluding hydrogens is 212 g/mol. The molecule has 2 heterocycles. The molecule has 0 amide bonds. The van der Waals surface area contributed by atoms with Crippen LogP contribution in [0, 0.1) is 0 Å². The summed E-state index contributed by atoms with van der Waals surface area (Å²) in [4.78, 5) is 9.22. The first-order chi connectivity index (χ1) is 8.31. The molecule has 0 radical (unpaired) electrons. The van der Waals surface area contributed by atoms with Crippen LogP contribution < -0.4 is 5.73 Å². The van der Waals surface area contributed by atoms with Gasteiger partial charge in [0.2, 0.25) is 0 Å². The molecule has 0 unspecified atom stereocenters. The predicted octanol–water partition coefficient (Wildman–Crippen LogP) is 1.27. The molecule has 0 saturated carbocycles. The van der Waals surface area contributed by atoms with Crippen LogP contribution in [0.5, 0.6) is 0 Å². The largest absolute Gasteiger partial charge is 0.370 e. The third-order valence-corrected chi connectivity index (χ3v) is 4.02. The lowest BCUT2D eigenvalue weighted by Gasteiger charge is -2.40. The Morgan fingerprint density at radius 3 is 2.35 bits per heavy atom. The fraction of sp³-hybridized carbons (Fsp3) is 0.923. The van der Waals surface area contributed by atoms with Gasteiger partial charge in [-0.3, -0.25) is 4.99 Å². The van der Waals surface area contributed by atoms with E-state index in [0.29, 0.717) is 0 Å². The van der Waals surface area contributed by atoms with E-state index >= 15 is 0 Å². The standard InChI is InChI=1S/C13H26N4/c1-2-15-13(14)17-10-6-12(7-11-17)16-8-4-3-5-9-16/h12H,2-11H2,1H3,(H2,14,15). The number of likely N-dealkylation sites (tertiary alicyclic amines) is 2. The van der Waals surface area contributed by atoms with Crippen molar-refractivity contribution >= 4 is 5.96 Å². The van der Waals surface area contributed by atoms with E-state index in [4.69, 9.17) is 5.73 Å². The Kier molecular flexibility index (Phi) is 4.66. The Hall–Kier alpha value is -0.770. The number of hydrogen-bond donors (Lipinski definition) is 1. The van der Waals surface area contributed by atoms with E-state index < -0.39 is 0 Å². The van der Waals surface area contributed by atoms with E-state index in [0.717, 1.165) is 31.6 Å². The van der Waals surface area contributed by atoms with Gasteiger partial charge in [-0.1, -0.05) is 6.42 Å². The van der Waals surface area contributed by atoms with E-state index in [9.17, 15) is 0 Å². The monoisotopic (exact) mass is 238 g/mol. The molecule has 2 aliphatic rings. The highest BCUT2D eigenvalue weighted by atomic mass is 15.3. The van der Waals surface area contributed by atoms with Crippen LogP contribution in [-0.2, 0) is 0 Å².